The molecule has 0 saturated carbocycles. The van der Waals surface area contributed by atoms with Gasteiger partial charge in [0.25, 0.3) is 0 Å². The molecule has 3 N–H and O–H groups in total. The SMILES string of the molecule is C=CC(=O)O.CCCCCCCCCCCCCC(O)O. The van der Waals surface area contributed by atoms with Gasteiger partial charge in [-0.05, 0) is 12.8 Å². The van der Waals surface area contributed by atoms with Crippen molar-refractivity contribution >= 4 is 5.97 Å². The molecule has 0 bridgehead atoms. The second kappa shape index (κ2) is 19.1. The number of carbonyl (C=O) groups is 1. The molecule has 0 aliphatic heterocycles. The van der Waals surface area contributed by atoms with E-state index in [0.717, 1.165) is 18.9 Å². The van der Waals surface area contributed by atoms with E-state index in [9.17, 15) is 4.79 Å². The van der Waals surface area contributed by atoms with E-state index in [0.29, 0.717) is 6.42 Å². The van der Waals surface area contributed by atoms with Gasteiger partial charge in [-0.25, -0.2) is 4.79 Å². The summed E-state index contributed by atoms with van der Waals surface area (Å²) in [6.45, 7) is 5.21. The lowest BCUT2D eigenvalue weighted by Gasteiger charge is -2.03. The molecule has 0 aromatic rings. The van der Waals surface area contributed by atoms with Gasteiger partial charge >= 0.3 is 5.97 Å². The van der Waals surface area contributed by atoms with Crippen molar-refractivity contribution in [3.63, 3.8) is 0 Å². The number of aliphatic carboxylic acids is 1. The lowest BCUT2D eigenvalue weighted by atomic mass is 10.1. The van der Waals surface area contributed by atoms with E-state index in [4.69, 9.17) is 15.3 Å². The number of aliphatic hydroxyl groups excluding tert-OH is 1. The smallest absolute Gasteiger partial charge is 0.327 e. The molecule has 0 fully saturated rings. The van der Waals surface area contributed by atoms with Gasteiger partial charge in [-0.2, -0.15) is 0 Å². The molecular weight excluding hydrogens is 268 g/mol. The van der Waals surface area contributed by atoms with Crippen molar-refractivity contribution in [2.75, 3.05) is 0 Å². The third-order valence-corrected chi connectivity index (χ3v) is 3.24. The molecular formula is C17H34O4. The Hall–Kier alpha value is -0.870. The molecule has 0 rings (SSSR count). The number of unbranched alkanes of at least 4 members (excludes halogenated alkanes) is 10. The van der Waals surface area contributed by atoms with E-state index in [1.165, 1.54) is 57.8 Å². The van der Waals surface area contributed by atoms with Gasteiger partial charge in [-0.15, -0.1) is 0 Å². The van der Waals surface area contributed by atoms with Crippen molar-refractivity contribution in [1.82, 2.24) is 0 Å². The highest BCUT2D eigenvalue weighted by atomic mass is 16.5. The minimum atomic E-state index is -1.10. The molecule has 0 aliphatic rings. The standard InChI is InChI=1S/C14H30O2.C3H4O2/c1-2-3-4-5-6-7-8-9-10-11-12-13-14(15)16;1-2-3(4)5/h14-16H,2-13H2,1H3;2H,1H2,(H,4,5). The zero-order valence-corrected chi connectivity index (χ0v) is 13.6. The van der Waals surface area contributed by atoms with Crippen LogP contribution in [0.1, 0.15) is 84.0 Å². The second-order valence-electron chi connectivity index (χ2n) is 5.35. The summed E-state index contributed by atoms with van der Waals surface area (Å²) in [5, 5.41) is 24.9. The molecule has 0 unspecified atom stereocenters. The average molecular weight is 302 g/mol. The topological polar surface area (TPSA) is 77.8 Å². The van der Waals surface area contributed by atoms with Crippen LogP contribution >= 0.6 is 0 Å². The second-order valence-corrected chi connectivity index (χ2v) is 5.35. The molecule has 0 radical (unpaired) electrons. The van der Waals surface area contributed by atoms with E-state index in [2.05, 4.69) is 13.5 Å². The lowest BCUT2D eigenvalue weighted by molar-refractivity contribution is -0.131. The Morgan fingerprint density at radius 3 is 1.52 bits per heavy atom. The molecule has 4 heteroatoms. The van der Waals surface area contributed by atoms with Crippen molar-refractivity contribution in [2.24, 2.45) is 0 Å². The van der Waals surface area contributed by atoms with Crippen LogP contribution in [0.3, 0.4) is 0 Å². The molecule has 0 atom stereocenters. The van der Waals surface area contributed by atoms with Crippen molar-refractivity contribution in [3.8, 4) is 0 Å². The molecule has 0 heterocycles. The molecule has 21 heavy (non-hydrogen) atoms. The number of carboxylic acid groups (broad SMARTS) is 1. The van der Waals surface area contributed by atoms with Crippen LogP contribution in [0.2, 0.25) is 0 Å². The maximum absolute atomic E-state index is 9.25. The van der Waals surface area contributed by atoms with Gasteiger partial charge in [-0.3, -0.25) is 0 Å². The Kier molecular flexibility index (Phi) is 20.4. The summed E-state index contributed by atoms with van der Waals surface area (Å²) in [5.74, 6) is -0.981. The summed E-state index contributed by atoms with van der Waals surface area (Å²) in [4.78, 5) is 9.25. The van der Waals surface area contributed by atoms with Crippen LogP contribution in [0, 0.1) is 0 Å². The monoisotopic (exact) mass is 302 g/mol. The highest BCUT2D eigenvalue weighted by Gasteiger charge is 1.96. The molecule has 0 aromatic heterocycles. The molecule has 126 valence electrons. The molecule has 0 saturated heterocycles. The van der Waals surface area contributed by atoms with Crippen molar-refractivity contribution in [2.45, 2.75) is 90.3 Å². The van der Waals surface area contributed by atoms with Crippen LogP contribution in [0.4, 0.5) is 0 Å². The first-order valence-corrected chi connectivity index (χ1v) is 8.26. The van der Waals surface area contributed by atoms with Gasteiger partial charge in [0.15, 0.2) is 6.29 Å². The molecule has 0 aromatic carbocycles. The Morgan fingerprint density at radius 1 is 0.905 bits per heavy atom. The Bertz CT molecular complexity index is 227. The summed E-state index contributed by atoms with van der Waals surface area (Å²) in [7, 11) is 0. The first-order chi connectivity index (χ1) is 10.0. The van der Waals surface area contributed by atoms with Gasteiger partial charge in [0.1, 0.15) is 0 Å². The van der Waals surface area contributed by atoms with Gasteiger partial charge in [0, 0.05) is 6.08 Å². The molecule has 0 amide bonds. The van der Waals surface area contributed by atoms with Gasteiger partial charge in [0.2, 0.25) is 0 Å². The van der Waals surface area contributed by atoms with Gasteiger partial charge < -0.3 is 15.3 Å². The first kappa shape index (κ1) is 22.4. The van der Waals surface area contributed by atoms with E-state index >= 15 is 0 Å². The van der Waals surface area contributed by atoms with Gasteiger partial charge in [-0.1, -0.05) is 77.7 Å². The fourth-order valence-electron chi connectivity index (χ4n) is 1.99. The summed E-state index contributed by atoms with van der Waals surface area (Å²) in [6.07, 6.45) is 14.6. The van der Waals surface area contributed by atoms with E-state index in [-0.39, 0.29) is 0 Å². The fraction of sp³-hybridized carbons (Fsp3) is 0.824. The fourth-order valence-corrected chi connectivity index (χ4v) is 1.99. The van der Waals surface area contributed by atoms with Crippen molar-refractivity contribution in [3.05, 3.63) is 12.7 Å². The number of hydrogen-bond acceptors (Lipinski definition) is 3. The largest absolute Gasteiger partial charge is 0.478 e. The van der Waals surface area contributed by atoms with E-state index in [1.54, 1.807) is 0 Å². The number of rotatable bonds is 13. The predicted molar refractivity (Wildman–Crippen MR) is 87.1 cm³/mol. The third kappa shape index (κ3) is 28.1. The highest BCUT2D eigenvalue weighted by Crippen LogP contribution is 2.12. The first-order valence-electron chi connectivity index (χ1n) is 8.26. The predicted octanol–water partition coefficient (Wildman–Crippen LogP) is 4.26. The van der Waals surface area contributed by atoms with Gasteiger partial charge in [0.05, 0.1) is 0 Å². The lowest BCUT2D eigenvalue weighted by Crippen LogP contribution is -2.02. The van der Waals surface area contributed by atoms with E-state index < -0.39 is 12.3 Å². The minimum absolute atomic E-state index is 0.539. The molecule has 0 spiro atoms. The Morgan fingerprint density at radius 2 is 1.24 bits per heavy atom. The summed E-state index contributed by atoms with van der Waals surface area (Å²) < 4.78 is 0. The van der Waals surface area contributed by atoms with E-state index in [1.807, 2.05) is 0 Å². The zero-order chi connectivity index (χ0) is 16.3. The average Bonchev–Trinajstić information content (AvgIpc) is 2.45. The minimum Gasteiger partial charge on any atom is -0.478 e. The maximum Gasteiger partial charge on any atom is 0.327 e. The van der Waals surface area contributed by atoms with Crippen LogP contribution < -0.4 is 0 Å². The van der Waals surface area contributed by atoms with Crippen molar-refractivity contribution in [1.29, 1.82) is 0 Å². The third-order valence-electron chi connectivity index (χ3n) is 3.24. The summed E-state index contributed by atoms with van der Waals surface area (Å²) in [6, 6.07) is 0. The van der Waals surface area contributed by atoms with Crippen LogP contribution in [-0.2, 0) is 4.79 Å². The van der Waals surface area contributed by atoms with Crippen LogP contribution in [0.15, 0.2) is 12.7 Å². The summed E-state index contributed by atoms with van der Waals surface area (Å²) in [5.41, 5.74) is 0. The number of aliphatic hydroxyl groups is 2. The molecule has 4 nitrogen and oxygen atoms in total. The number of carboxylic acids is 1. The zero-order valence-electron chi connectivity index (χ0n) is 13.6. The van der Waals surface area contributed by atoms with Crippen LogP contribution in [0.5, 0.6) is 0 Å². The van der Waals surface area contributed by atoms with Crippen LogP contribution in [0.25, 0.3) is 0 Å². The highest BCUT2D eigenvalue weighted by molar-refractivity contribution is 5.78. The molecule has 0 aliphatic carbocycles. The summed E-state index contributed by atoms with van der Waals surface area (Å²) >= 11 is 0. The number of hydrogen-bond donors (Lipinski definition) is 3. The Balaban J connectivity index is 0. The quantitative estimate of drug-likeness (QED) is 0.270. The Labute approximate surface area is 129 Å². The van der Waals surface area contributed by atoms with Crippen LogP contribution in [-0.4, -0.2) is 27.6 Å². The normalized spacial score (nSPS) is 10.1. The maximum atomic E-state index is 9.25. The van der Waals surface area contributed by atoms with Crippen molar-refractivity contribution < 1.29 is 20.1 Å².